The van der Waals surface area contributed by atoms with Gasteiger partial charge in [0.1, 0.15) is 12.0 Å². The van der Waals surface area contributed by atoms with E-state index in [-0.39, 0.29) is 6.79 Å². The highest BCUT2D eigenvalue weighted by molar-refractivity contribution is 5.76. The Labute approximate surface area is 113 Å². The van der Waals surface area contributed by atoms with E-state index in [1.54, 1.807) is 25.3 Å². The summed E-state index contributed by atoms with van der Waals surface area (Å²) in [7, 11) is 1.55. The van der Waals surface area contributed by atoms with Gasteiger partial charge in [0.05, 0.1) is 0 Å². The van der Waals surface area contributed by atoms with Crippen LogP contribution in [0.3, 0.4) is 0 Å². The molecule has 1 aromatic rings. The Morgan fingerprint density at radius 3 is 2.58 bits per heavy atom. The van der Waals surface area contributed by atoms with Crippen molar-refractivity contribution in [3.63, 3.8) is 0 Å². The third kappa shape index (κ3) is 4.98. The molecule has 0 radical (unpaired) electrons. The van der Waals surface area contributed by atoms with Crippen LogP contribution < -0.4 is 4.74 Å². The first-order valence-electron chi connectivity index (χ1n) is 6.20. The number of methoxy groups -OCH3 is 1. The molecule has 0 saturated heterocycles. The fraction of sp³-hybridized carbons (Fsp3) is 0.500. The van der Waals surface area contributed by atoms with Crippen molar-refractivity contribution in [1.29, 1.82) is 0 Å². The summed E-state index contributed by atoms with van der Waals surface area (Å²) < 4.78 is 21.2. The fourth-order valence-electron chi connectivity index (χ4n) is 1.58. The van der Waals surface area contributed by atoms with E-state index in [9.17, 15) is 4.79 Å². The quantitative estimate of drug-likeness (QED) is 0.391. The molecule has 0 aliphatic heterocycles. The second-order valence-electron chi connectivity index (χ2n) is 3.73. The summed E-state index contributed by atoms with van der Waals surface area (Å²) in [6, 6.07) is 5.13. The van der Waals surface area contributed by atoms with Crippen LogP contribution in [0, 0.1) is 0 Å². The predicted octanol–water partition coefficient (Wildman–Crippen LogP) is 2.55. The Morgan fingerprint density at radius 1 is 1.21 bits per heavy atom. The monoisotopic (exact) mass is 268 g/mol. The third-order valence-corrected chi connectivity index (χ3v) is 2.40. The van der Waals surface area contributed by atoms with E-state index in [0.29, 0.717) is 24.5 Å². The first-order chi connectivity index (χ1) is 9.24. The molecule has 106 valence electrons. The maximum Gasteiger partial charge on any atom is 0.189 e. The lowest BCUT2D eigenvalue weighted by Gasteiger charge is -2.17. The number of aldehydes is 1. The molecule has 1 rings (SSSR count). The Bertz CT molecular complexity index is 391. The molecular formula is C14H20O5. The minimum atomic E-state index is -0.514. The molecule has 0 aliphatic carbocycles. The molecule has 0 saturated carbocycles. The van der Waals surface area contributed by atoms with Crippen LogP contribution >= 0.6 is 0 Å². The molecule has 1 atom stereocenters. The zero-order chi connectivity index (χ0) is 14.1. The summed E-state index contributed by atoms with van der Waals surface area (Å²) in [6.07, 6.45) is 0.245. The maximum atomic E-state index is 10.9. The molecule has 0 spiro atoms. The van der Waals surface area contributed by atoms with Gasteiger partial charge in [-0.05, 0) is 32.0 Å². The highest BCUT2D eigenvalue weighted by atomic mass is 16.7. The molecule has 1 aromatic carbocycles. The van der Waals surface area contributed by atoms with Gasteiger partial charge in [-0.2, -0.15) is 0 Å². The number of hydrogen-bond donors (Lipinski definition) is 0. The summed E-state index contributed by atoms with van der Waals surface area (Å²) in [5.41, 5.74) is 1.24. The van der Waals surface area contributed by atoms with Crippen LogP contribution in [0.4, 0.5) is 0 Å². The number of benzene rings is 1. The van der Waals surface area contributed by atoms with Gasteiger partial charge in [0.2, 0.25) is 0 Å². The smallest absolute Gasteiger partial charge is 0.189 e. The Morgan fingerprint density at radius 2 is 2.00 bits per heavy atom. The van der Waals surface area contributed by atoms with Crippen LogP contribution in [0.5, 0.6) is 5.75 Å². The zero-order valence-electron chi connectivity index (χ0n) is 11.5. The van der Waals surface area contributed by atoms with E-state index in [0.717, 1.165) is 11.8 Å². The lowest BCUT2D eigenvalue weighted by Crippen LogP contribution is -2.08. The predicted molar refractivity (Wildman–Crippen MR) is 70.3 cm³/mol. The SMILES string of the molecule is CCOCOc1cc(C=O)cc(C(OC)OCC)c1. The van der Waals surface area contributed by atoms with E-state index < -0.39 is 6.29 Å². The van der Waals surface area contributed by atoms with Gasteiger partial charge in [0.25, 0.3) is 0 Å². The van der Waals surface area contributed by atoms with Crippen LogP contribution in [0.25, 0.3) is 0 Å². The summed E-state index contributed by atoms with van der Waals surface area (Å²) in [5, 5.41) is 0. The van der Waals surface area contributed by atoms with Gasteiger partial charge in [-0.3, -0.25) is 4.79 Å². The Balaban J connectivity index is 2.90. The topological polar surface area (TPSA) is 54.0 Å². The summed E-state index contributed by atoms with van der Waals surface area (Å²) >= 11 is 0. The molecule has 19 heavy (non-hydrogen) atoms. The van der Waals surface area contributed by atoms with Crippen LogP contribution in [0.2, 0.25) is 0 Å². The van der Waals surface area contributed by atoms with Crippen LogP contribution in [0.1, 0.15) is 36.1 Å². The molecule has 1 unspecified atom stereocenters. The van der Waals surface area contributed by atoms with E-state index in [4.69, 9.17) is 18.9 Å². The largest absolute Gasteiger partial charge is 0.468 e. The number of ether oxygens (including phenoxy) is 4. The van der Waals surface area contributed by atoms with E-state index in [1.165, 1.54) is 0 Å². The highest BCUT2D eigenvalue weighted by Crippen LogP contribution is 2.24. The molecule has 0 bridgehead atoms. The second kappa shape index (κ2) is 8.63. The van der Waals surface area contributed by atoms with Gasteiger partial charge in [-0.15, -0.1) is 0 Å². The molecule has 5 nitrogen and oxygen atoms in total. The molecule has 0 aromatic heterocycles. The lowest BCUT2D eigenvalue weighted by atomic mass is 10.1. The summed E-state index contributed by atoms with van der Waals surface area (Å²) in [4.78, 5) is 10.9. The molecule has 0 heterocycles. The lowest BCUT2D eigenvalue weighted by molar-refractivity contribution is -0.124. The molecule has 0 N–H and O–H groups in total. The van der Waals surface area contributed by atoms with Crippen LogP contribution in [-0.4, -0.2) is 33.4 Å². The van der Waals surface area contributed by atoms with Crippen molar-refractivity contribution in [2.45, 2.75) is 20.1 Å². The van der Waals surface area contributed by atoms with Crippen molar-refractivity contribution in [2.75, 3.05) is 27.1 Å². The van der Waals surface area contributed by atoms with Crippen molar-refractivity contribution < 1.29 is 23.7 Å². The van der Waals surface area contributed by atoms with Crippen molar-refractivity contribution in [3.8, 4) is 5.75 Å². The van der Waals surface area contributed by atoms with Crippen molar-refractivity contribution in [2.24, 2.45) is 0 Å². The summed E-state index contributed by atoms with van der Waals surface area (Å²) in [6.45, 7) is 4.98. The Hall–Kier alpha value is -1.43. The third-order valence-electron chi connectivity index (χ3n) is 2.40. The van der Waals surface area contributed by atoms with Crippen molar-refractivity contribution in [1.82, 2.24) is 0 Å². The minimum absolute atomic E-state index is 0.143. The van der Waals surface area contributed by atoms with Gasteiger partial charge < -0.3 is 18.9 Å². The molecule has 0 fully saturated rings. The van der Waals surface area contributed by atoms with Gasteiger partial charge in [0.15, 0.2) is 13.1 Å². The first kappa shape index (κ1) is 15.6. The molecule has 5 heteroatoms. The number of rotatable bonds is 9. The van der Waals surface area contributed by atoms with Gasteiger partial charge in [0, 0.05) is 31.5 Å². The first-order valence-corrected chi connectivity index (χ1v) is 6.20. The fourth-order valence-corrected chi connectivity index (χ4v) is 1.58. The van der Waals surface area contributed by atoms with Crippen molar-refractivity contribution in [3.05, 3.63) is 29.3 Å². The Kier molecular flexibility index (Phi) is 7.10. The van der Waals surface area contributed by atoms with Crippen LogP contribution in [0.15, 0.2) is 18.2 Å². The molecule has 0 amide bonds. The zero-order valence-corrected chi connectivity index (χ0v) is 11.5. The average molecular weight is 268 g/mol. The number of carbonyl (C=O) groups is 1. The number of carbonyl (C=O) groups excluding carboxylic acids is 1. The van der Waals surface area contributed by atoms with E-state index >= 15 is 0 Å². The molecular weight excluding hydrogens is 248 g/mol. The van der Waals surface area contributed by atoms with E-state index in [2.05, 4.69) is 0 Å². The van der Waals surface area contributed by atoms with Crippen LogP contribution in [-0.2, 0) is 14.2 Å². The van der Waals surface area contributed by atoms with Gasteiger partial charge >= 0.3 is 0 Å². The minimum Gasteiger partial charge on any atom is -0.468 e. The van der Waals surface area contributed by atoms with E-state index in [1.807, 2.05) is 13.8 Å². The highest BCUT2D eigenvalue weighted by Gasteiger charge is 2.13. The second-order valence-corrected chi connectivity index (χ2v) is 3.73. The number of hydrogen-bond acceptors (Lipinski definition) is 5. The maximum absolute atomic E-state index is 10.9. The average Bonchev–Trinajstić information content (AvgIpc) is 2.44. The van der Waals surface area contributed by atoms with Crippen molar-refractivity contribution >= 4 is 6.29 Å². The van der Waals surface area contributed by atoms with Gasteiger partial charge in [-0.1, -0.05) is 0 Å². The standard InChI is InChI=1S/C14H20O5/c1-4-17-10-19-13-7-11(9-15)6-12(8-13)14(16-3)18-5-2/h6-9,14H,4-5,10H2,1-3H3. The molecule has 0 aliphatic rings. The van der Waals surface area contributed by atoms with Gasteiger partial charge in [-0.25, -0.2) is 0 Å². The normalized spacial score (nSPS) is 12.2. The summed E-state index contributed by atoms with van der Waals surface area (Å²) in [5.74, 6) is 0.551.